The summed E-state index contributed by atoms with van der Waals surface area (Å²) in [4.78, 5) is 29.6. The van der Waals surface area contributed by atoms with Crippen LogP contribution in [0, 0.1) is 13.8 Å². The number of carbonyl (C=O) groups excluding carboxylic acids is 2. The standard InChI is InChI=1S/C20H24N4O2/c1-4-10-21-20(26)18-23-17(16-7-5-6-11-24(16)18)19(25)22-15-9-8-13(2)14(3)12-15/h4,8-9,12H,1,5-7,10-11H2,2-3H3,(H,21,26)(H,22,25). The van der Waals surface area contributed by atoms with Crippen molar-refractivity contribution in [3.05, 3.63) is 59.2 Å². The molecule has 0 saturated carbocycles. The number of anilines is 1. The molecule has 3 rings (SSSR count). The lowest BCUT2D eigenvalue weighted by Crippen LogP contribution is -2.28. The Morgan fingerprint density at radius 3 is 2.77 bits per heavy atom. The molecule has 1 aromatic carbocycles. The van der Waals surface area contributed by atoms with Crippen molar-refractivity contribution >= 4 is 17.5 Å². The molecule has 6 nitrogen and oxygen atoms in total. The highest BCUT2D eigenvalue weighted by Crippen LogP contribution is 2.23. The van der Waals surface area contributed by atoms with Gasteiger partial charge < -0.3 is 15.2 Å². The van der Waals surface area contributed by atoms with Gasteiger partial charge in [-0.1, -0.05) is 12.1 Å². The first-order chi connectivity index (χ1) is 12.5. The highest BCUT2D eigenvalue weighted by molar-refractivity contribution is 6.05. The average molecular weight is 352 g/mol. The van der Waals surface area contributed by atoms with Crippen LogP contribution in [0.5, 0.6) is 0 Å². The smallest absolute Gasteiger partial charge is 0.287 e. The molecule has 0 aliphatic carbocycles. The quantitative estimate of drug-likeness (QED) is 0.812. The minimum atomic E-state index is -0.279. The summed E-state index contributed by atoms with van der Waals surface area (Å²) in [6, 6.07) is 5.79. The van der Waals surface area contributed by atoms with Crippen LogP contribution in [0.15, 0.2) is 30.9 Å². The van der Waals surface area contributed by atoms with E-state index in [1.165, 1.54) is 5.56 Å². The third-order valence-corrected chi connectivity index (χ3v) is 4.71. The number of aromatic nitrogens is 2. The number of aryl methyl sites for hydroxylation is 2. The molecule has 1 aliphatic heterocycles. The summed E-state index contributed by atoms with van der Waals surface area (Å²) in [5, 5.41) is 5.65. The van der Waals surface area contributed by atoms with E-state index in [1.54, 1.807) is 6.08 Å². The molecule has 0 fully saturated rings. The molecule has 2 amide bonds. The molecule has 2 N–H and O–H groups in total. The first-order valence-electron chi connectivity index (χ1n) is 8.88. The fourth-order valence-electron chi connectivity index (χ4n) is 3.15. The molecule has 136 valence electrons. The molecule has 0 atom stereocenters. The molecular weight excluding hydrogens is 328 g/mol. The molecule has 6 heteroatoms. The lowest BCUT2D eigenvalue weighted by molar-refractivity contribution is 0.0942. The van der Waals surface area contributed by atoms with Crippen LogP contribution in [0.3, 0.4) is 0 Å². The number of amides is 2. The molecule has 1 aromatic heterocycles. The fourth-order valence-corrected chi connectivity index (χ4v) is 3.15. The largest absolute Gasteiger partial charge is 0.346 e. The summed E-state index contributed by atoms with van der Waals surface area (Å²) in [6.07, 6.45) is 4.33. The Kier molecular flexibility index (Phi) is 5.21. The molecule has 26 heavy (non-hydrogen) atoms. The van der Waals surface area contributed by atoms with E-state index in [4.69, 9.17) is 0 Å². The van der Waals surface area contributed by atoms with Gasteiger partial charge in [-0.15, -0.1) is 6.58 Å². The van der Waals surface area contributed by atoms with Crippen molar-refractivity contribution in [1.82, 2.24) is 14.9 Å². The zero-order valence-electron chi connectivity index (χ0n) is 15.3. The number of nitrogens with zero attached hydrogens (tertiary/aromatic N) is 2. The van der Waals surface area contributed by atoms with Crippen LogP contribution in [0.4, 0.5) is 5.69 Å². The van der Waals surface area contributed by atoms with Gasteiger partial charge in [0.15, 0.2) is 11.5 Å². The highest BCUT2D eigenvalue weighted by Gasteiger charge is 2.27. The summed E-state index contributed by atoms with van der Waals surface area (Å²) in [6.45, 7) is 8.71. The Bertz CT molecular complexity index is 867. The van der Waals surface area contributed by atoms with Crippen LogP contribution in [0.2, 0.25) is 0 Å². The second-order valence-corrected chi connectivity index (χ2v) is 6.59. The molecule has 0 saturated heterocycles. The number of benzene rings is 1. The monoisotopic (exact) mass is 352 g/mol. The molecule has 0 spiro atoms. The summed E-state index contributed by atoms with van der Waals surface area (Å²) in [7, 11) is 0. The van der Waals surface area contributed by atoms with E-state index in [2.05, 4.69) is 22.2 Å². The normalized spacial score (nSPS) is 13.0. The maximum Gasteiger partial charge on any atom is 0.287 e. The SMILES string of the molecule is C=CCNC(=O)c1nc(C(=O)Nc2ccc(C)c(C)c2)c2n1CCCC2. The number of hydrogen-bond donors (Lipinski definition) is 2. The van der Waals surface area contributed by atoms with Gasteiger partial charge in [0.25, 0.3) is 11.8 Å². The second kappa shape index (κ2) is 7.56. The van der Waals surface area contributed by atoms with Crippen LogP contribution < -0.4 is 10.6 Å². The van der Waals surface area contributed by atoms with E-state index < -0.39 is 0 Å². The van der Waals surface area contributed by atoms with Gasteiger partial charge in [0.05, 0.1) is 5.69 Å². The maximum atomic E-state index is 12.8. The minimum absolute atomic E-state index is 0.276. The Hall–Kier alpha value is -2.89. The van der Waals surface area contributed by atoms with Crippen LogP contribution in [0.25, 0.3) is 0 Å². The number of nitrogens with one attached hydrogen (secondary N) is 2. The number of rotatable bonds is 5. The van der Waals surface area contributed by atoms with Crippen molar-refractivity contribution in [2.45, 2.75) is 39.7 Å². The topological polar surface area (TPSA) is 76.0 Å². The molecule has 0 unspecified atom stereocenters. The lowest BCUT2D eigenvalue weighted by atomic mass is 10.1. The van der Waals surface area contributed by atoms with Gasteiger partial charge in [-0.2, -0.15) is 0 Å². The van der Waals surface area contributed by atoms with Gasteiger partial charge in [-0.05, 0) is 56.4 Å². The zero-order valence-corrected chi connectivity index (χ0v) is 15.3. The predicted octanol–water partition coefficient (Wildman–Crippen LogP) is 3.00. The van der Waals surface area contributed by atoms with E-state index in [0.29, 0.717) is 24.6 Å². The van der Waals surface area contributed by atoms with E-state index in [0.717, 1.165) is 36.2 Å². The lowest BCUT2D eigenvalue weighted by Gasteiger charge is -2.17. The Balaban J connectivity index is 1.89. The number of hydrogen-bond acceptors (Lipinski definition) is 3. The maximum absolute atomic E-state index is 12.8. The first-order valence-corrected chi connectivity index (χ1v) is 8.88. The first kappa shape index (κ1) is 17.9. The van der Waals surface area contributed by atoms with Crippen molar-refractivity contribution in [1.29, 1.82) is 0 Å². The zero-order chi connectivity index (χ0) is 18.7. The van der Waals surface area contributed by atoms with Crippen molar-refractivity contribution in [2.24, 2.45) is 0 Å². The molecular formula is C20H24N4O2. The fraction of sp³-hybridized carbons (Fsp3) is 0.350. The van der Waals surface area contributed by atoms with Crippen LogP contribution in [-0.2, 0) is 13.0 Å². The van der Waals surface area contributed by atoms with Crippen molar-refractivity contribution in [2.75, 3.05) is 11.9 Å². The highest BCUT2D eigenvalue weighted by atomic mass is 16.2. The van der Waals surface area contributed by atoms with Gasteiger partial charge in [-0.25, -0.2) is 4.98 Å². The predicted molar refractivity (Wildman–Crippen MR) is 102 cm³/mol. The third kappa shape index (κ3) is 3.54. The Labute approximate surface area is 153 Å². The van der Waals surface area contributed by atoms with Crippen LogP contribution in [0.1, 0.15) is 50.8 Å². The second-order valence-electron chi connectivity index (χ2n) is 6.59. The summed E-state index contributed by atoms with van der Waals surface area (Å²) >= 11 is 0. The average Bonchev–Trinajstić information content (AvgIpc) is 3.03. The van der Waals surface area contributed by atoms with Gasteiger partial charge in [0.1, 0.15) is 0 Å². The van der Waals surface area contributed by atoms with Gasteiger partial charge in [-0.3, -0.25) is 9.59 Å². The molecule has 0 bridgehead atoms. The number of carbonyl (C=O) groups is 2. The van der Waals surface area contributed by atoms with Crippen LogP contribution in [-0.4, -0.2) is 27.9 Å². The van der Waals surface area contributed by atoms with E-state index in [-0.39, 0.29) is 11.8 Å². The minimum Gasteiger partial charge on any atom is -0.346 e. The van der Waals surface area contributed by atoms with E-state index >= 15 is 0 Å². The van der Waals surface area contributed by atoms with Crippen molar-refractivity contribution in [3.63, 3.8) is 0 Å². The molecule has 2 aromatic rings. The third-order valence-electron chi connectivity index (χ3n) is 4.71. The summed E-state index contributed by atoms with van der Waals surface area (Å²) in [5.74, 6) is -0.258. The molecule has 1 aliphatic rings. The summed E-state index contributed by atoms with van der Waals surface area (Å²) < 4.78 is 1.87. The number of imidazole rings is 1. The Morgan fingerprint density at radius 1 is 1.23 bits per heavy atom. The number of fused-ring (bicyclic) bond motifs is 1. The van der Waals surface area contributed by atoms with Gasteiger partial charge in [0, 0.05) is 18.8 Å². The van der Waals surface area contributed by atoms with Crippen LogP contribution >= 0.6 is 0 Å². The molecule has 2 heterocycles. The van der Waals surface area contributed by atoms with Crippen molar-refractivity contribution in [3.8, 4) is 0 Å². The Morgan fingerprint density at radius 2 is 2.04 bits per heavy atom. The van der Waals surface area contributed by atoms with Crippen molar-refractivity contribution < 1.29 is 9.59 Å². The van der Waals surface area contributed by atoms with Gasteiger partial charge in [0.2, 0.25) is 0 Å². The molecule has 0 radical (unpaired) electrons. The van der Waals surface area contributed by atoms with E-state index in [1.807, 2.05) is 36.6 Å². The summed E-state index contributed by atoms with van der Waals surface area (Å²) in [5.41, 5.74) is 4.18. The van der Waals surface area contributed by atoms with E-state index in [9.17, 15) is 9.59 Å². The van der Waals surface area contributed by atoms with Gasteiger partial charge >= 0.3 is 0 Å².